The van der Waals surface area contributed by atoms with Gasteiger partial charge in [-0.3, -0.25) is 0 Å². The monoisotopic (exact) mass is 582 g/mol. The zero-order chi connectivity index (χ0) is 29.6. The second kappa shape index (κ2) is 12.6. The molecule has 4 aromatic carbocycles. The van der Waals surface area contributed by atoms with Gasteiger partial charge in [-0.25, -0.2) is 4.79 Å². The van der Waals surface area contributed by atoms with E-state index in [1.54, 1.807) is 54.6 Å². The van der Waals surface area contributed by atoms with E-state index in [0.717, 1.165) is 11.1 Å². The molecule has 9 heteroatoms. The van der Waals surface area contributed by atoms with Crippen molar-refractivity contribution in [3.05, 3.63) is 124 Å². The number of nitrogens with two attached hydrogens (primary N) is 1. The van der Waals surface area contributed by atoms with Crippen LogP contribution in [0.5, 0.6) is 28.7 Å². The number of rotatable bonds is 9. The van der Waals surface area contributed by atoms with Gasteiger partial charge in [-0.1, -0.05) is 48.0 Å². The highest BCUT2D eigenvalue weighted by atomic mass is 35.5. The Kier molecular flexibility index (Phi) is 8.51. The van der Waals surface area contributed by atoms with Crippen LogP contribution in [0.4, 0.5) is 0 Å². The molecule has 0 fully saturated rings. The van der Waals surface area contributed by atoms with Crippen LogP contribution in [-0.2, 0) is 6.61 Å². The second-order valence-electron chi connectivity index (χ2n) is 9.27. The van der Waals surface area contributed by atoms with Crippen LogP contribution in [0.1, 0.15) is 39.9 Å². The molecule has 0 aromatic heterocycles. The fraction of sp³-hybridized carbons (Fsp3) is 0.152. The van der Waals surface area contributed by atoms with Crippen molar-refractivity contribution in [2.24, 2.45) is 5.73 Å². The van der Waals surface area contributed by atoms with Crippen molar-refractivity contribution in [3.63, 3.8) is 0 Å². The van der Waals surface area contributed by atoms with Gasteiger partial charge in [0.05, 0.1) is 25.2 Å². The molecular formula is C33H27ClN2O6. The van der Waals surface area contributed by atoms with Gasteiger partial charge in [-0.2, -0.15) is 5.26 Å². The van der Waals surface area contributed by atoms with E-state index in [2.05, 4.69) is 6.07 Å². The van der Waals surface area contributed by atoms with Gasteiger partial charge in [0.1, 0.15) is 35.5 Å². The summed E-state index contributed by atoms with van der Waals surface area (Å²) in [4.78, 5) is 12.8. The first-order valence-electron chi connectivity index (χ1n) is 13.1. The average molecular weight is 583 g/mol. The Balaban J connectivity index is 1.45. The summed E-state index contributed by atoms with van der Waals surface area (Å²) in [6.45, 7) is 2.54. The Morgan fingerprint density at radius 3 is 2.57 bits per heavy atom. The summed E-state index contributed by atoms with van der Waals surface area (Å²) >= 11 is 6.29. The first-order valence-corrected chi connectivity index (χ1v) is 13.5. The number of hydrogen-bond donors (Lipinski definition) is 1. The summed E-state index contributed by atoms with van der Waals surface area (Å²) in [5, 5.41) is 10.6. The predicted octanol–water partition coefficient (Wildman–Crippen LogP) is 6.76. The number of carbonyl (C=O) groups is 1. The summed E-state index contributed by atoms with van der Waals surface area (Å²) in [5.74, 6) is 1.04. The van der Waals surface area contributed by atoms with E-state index in [9.17, 15) is 10.1 Å². The van der Waals surface area contributed by atoms with Crippen molar-refractivity contribution >= 4 is 17.6 Å². The Bertz CT molecular complexity index is 1710. The summed E-state index contributed by atoms with van der Waals surface area (Å²) in [6.07, 6.45) is 0. The Morgan fingerprint density at radius 1 is 0.976 bits per heavy atom. The molecule has 2 N–H and O–H groups in total. The maximum Gasteiger partial charge on any atom is 0.343 e. The molecule has 0 bridgehead atoms. The van der Waals surface area contributed by atoms with Crippen LogP contribution in [-0.4, -0.2) is 19.7 Å². The molecule has 212 valence electrons. The van der Waals surface area contributed by atoms with Crippen molar-refractivity contribution < 1.29 is 28.5 Å². The number of allylic oxidation sites excluding steroid dienone is 1. The van der Waals surface area contributed by atoms with E-state index in [1.807, 2.05) is 37.3 Å². The van der Waals surface area contributed by atoms with E-state index in [4.69, 9.17) is 41.0 Å². The number of halogens is 1. The lowest BCUT2D eigenvalue weighted by Crippen LogP contribution is -2.21. The number of methoxy groups -OCH3 is 1. The van der Waals surface area contributed by atoms with Gasteiger partial charge < -0.3 is 29.4 Å². The molecule has 42 heavy (non-hydrogen) atoms. The van der Waals surface area contributed by atoms with Gasteiger partial charge >= 0.3 is 5.97 Å². The molecule has 1 aliphatic rings. The van der Waals surface area contributed by atoms with Crippen LogP contribution >= 0.6 is 11.6 Å². The number of nitriles is 1. The number of esters is 1. The predicted molar refractivity (Wildman–Crippen MR) is 157 cm³/mol. The SMILES string of the molecule is CCOc1cc(C2C(C#N)=C(N)Oc3cc(OC(=O)c4cccc(OC)c4)ccc32)ccc1OCc1ccccc1Cl. The molecule has 0 amide bonds. The molecule has 4 aromatic rings. The van der Waals surface area contributed by atoms with Gasteiger partial charge in [-0.05, 0) is 55.0 Å². The van der Waals surface area contributed by atoms with Gasteiger partial charge in [0.15, 0.2) is 11.5 Å². The van der Waals surface area contributed by atoms with Gasteiger partial charge in [-0.15, -0.1) is 0 Å². The van der Waals surface area contributed by atoms with Gasteiger partial charge in [0, 0.05) is 22.2 Å². The van der Waals surface area contributed by atoms with Crippen LogP contribution in [0.25, 0.3) is 0 Å². The molecule has 1 aliphatic heterocycles. The molecule has 1 heterocycles. The normalized spacial score (nSPS) is 13.8. The maximum absolute atomic E-state index is 12.8. The highest BCUT2D eigenvalue weighted by Gasteiger charge is 2.32. The average Bonchev–Trinajstić information content (AvgIpc) is 3.00. The zero-order valence-corrected chi connectivity index (χ0v) is 23.7. The minimum Gasteiger partial charge on any atom is -0.497 e. The number of benzene rings is 4. The zero-order valence-electron chi connectivity index (χ0n) is 22.9. The number of ether oxygens (including phenoxy) is 5. The molecule has 0 aliphatic carbocycles. The Hall–Kier alpha value is -5.13. The summed E-state index contributed by atoms with van der Waals surface area (Å²) < 4.78 is 28.5. The number of carbonyl (C=O) groups excluding carboxylic acids is 1. The van der Waals surface area contributed by atoms with E-state index in [-0.39, 0.29) is 23.8 Å². The molecule has 1 unspecified atom stereocenters. The molecule has 0 spiro atoms. The molecule has 1 atom stereocenters. The molecule has 0 radical (unpaired) electrons. The Morgan fingerprint density at radius 2 is 1.81 bits per heavy atom. The highest BCUT2D eigenvalue weighted by molar-refractivity contribution is 6.31. The first-order chi connectivity index (χ1) is 20.4. The lowest BCUT2D eigenvalue weighted by molar-refractivity contribution is 0.0734. The quantitative estimate of drug-likeness (QED) is 0.170. The third kappa shape index (κ3) is 5.97. The lowest BCUT2D eigenvalue weighted by Gasteiger charge is -2.27. The van der Waals surface area contributed by atoms with Crippen molar-refractivity contribution in [1.82, 2.24) is 0 Å². The minimum atomic E-state index is -0.559. The van der Waals surface area contributed by atoms with Crippen molar-refractivity contribution in [2.45, 2.75) is 19.4 Å². The van der Waals surface area contributed by atoms with E-state index in [1.165, 1.54) is 7.11 Å². The Labute approximate surface area is 248 Å². The van der Waals surface area contributed by atoms with Crippen LogP contribution < -0.4 is 29.4 Å². The third-order valence-electron chi connectivity index (χ3n) is 6.65. The fourth-order valence-electron chi connectivity index (χ4n) is 4.62. The third-order valence-corrected chi connectivity index (χ3v) is 7.02. The molecule has 0 saturated carbocycles. The van der Waals surface area contributed by atoms with Crippen molar-refractivity contribution in [2.75, 3.05) is 13.7 Å². The molecule has 0 saturated heterocycles. The standard InChI is InChI=1S/C33H27ClN2O6/c1-3-39-30-16-20(11-14-28(30)40-19-22-7-4-5-10-27(22)34)31-25-13-12-24(17-29(25)42-32(36)26(31)18-35)41-33(37)21-8-6-9-23(15-21)38-2/h4-17,31H,3,19,36H2,1-2H3. The first kappa shape index (κ1) is 28.4. The summed E-state index contributed by atoms with van der Waals surface area (Å²) in [7, 11) is 1.52. The smallest absolute Gasteiger partial charge is 0.343 e. The van der Waals surface area contributed by atoms with Crippen LogP contribution in [0.3, 0.4) is 0 Å². The maximum atomic E-state index is 12.8. The number of nitrogens with zero attached hydrogens (tertiary/aromatic N) is 1. The topological polar surface area (TPSA) is 113 Å². The van der Waals surface area contributed by atoms with Crippen molar-refractivity contribution in [1.29, 1.82) is 5.26 Å². The van der Waals surface area contributed by atoms with Crippen molar-refractivity contribution in [3.8, 4) is 34.8 Å². The van der Waals surface area contributed by atoms with Crippen LogP contribution in [0, 0.1) is 11.3 Å². The number of hydrogen-bond acceptors (Lipinski definition) is 8. The van der Waals surface area contributed by atoms with Gasteiger partial charge in [0.25, 0.3) is 0 Å². The fourth-order valence-corrected chi connectivity index (χ4v) is 4.81. The van der Waals surface area contributed by atoms with E-state index >= 15 is 0 Å². The molecule has 5 rings (SSSR count). The molecular weight excluding hydrogens is 556 g/mol. The lowest BCUT2D eigenvalue weighted by atomic mass is 9.83. The largest absolute Gasteiger partial charge is 0.497 e. The second-order valence-corrected chi connectivity index (χ2v) is 9.67. The van der Waals surface area contributed by atoms with E-state index in [0.29, 0.717) is 45.8 Å². The number of fused-ring (bicyclic) bond motifs is 1. The van der Waals surface area contributed by atoms with Crippen LogP contribution in [0.15, 0.2) is 96.4 Å². The highest BCUT2D eigenvalue weighted by Crippen LogP contribution is 2.45. The molecule has 8 nitrogen and oxygen atoms in total. The summed E-state index contributed by atoms with van der Waals surface area (Å²) in [5.41, 5.74) is 9.04. The van der Waals surface area contributed by atoms with Gasteiger partial charge in [0.2, 0.25) is 5.88 Å². The summed E-state index contributed by atoms with van der Waals surface area (Å²) in [6, 6.07) is 26.7. The minimum absolute atomic E-state index is 0.0386. The van der Waals surface area contributed by atoms with Crippen LogP contribution in [0.2, 0.25) is 5.02 Å². The van der Waals surface area contributed by atoms with E-state index < -0.39 is 11.9 Å².